The molecule has 0 bridgehead atoms. The Bertz CT molecular complexity index is 559. The molecule has 104 valence electrons. The zero-order valence-electron chi connectivity index (χ0n) is 11.4. The van der Waals surface area contributed by atoms with E-state index in [2.05, 4.69) is 6.92 Å². The molecule has 0 heterocycles. The van der Waals surface area contributed by atoms with Gasteiger partial charge in [-0.3, -0.25) is 4.79 Å². The van der Waals surface area contributed by atoms with Crippen molar-refractivity contribution >= 4 is 17.4 Å². The van der Waals surface area contributed by atoms with Crippen LogP contribution in [0.3, 0.4) is 0 Å². The van der Waals surface area contributed by atoms with Gasteiger partial charge >= 0.3 is 0 Å². The molecule has 20 heavy (non-hydrogen) atoms. The van der Waals surface area contributed by atoms with Gasteiger partial charge in [-0.2, -0.15) is 0 Å². The van der Waals surface area contributed by atoms with Gasteiger partial charge in [-0.05, 0) is 48.4 Å². The van der Waals surface area contributed by atoms with Crippen molar-refractivity contribution in [3.8, 4) is 5.75 Å². The molecule has 0 spiro atoms. The van der Waals surface area contributed by atoms with Crippen molar-refractivity contribution in [3.63, 3.8) is 0 Å². The molecule has 0 aromatic heterocycles. The van der Waals surface area contributed by atoms with Crippen molar-refractivity contribution in [3.05, 3.63) is 64.7 Å². The van der Waals surface area contributed by atoms with Gasteiger partial charge in [0.15, 0.2) is 12.4 Å². The Balaban J connectivity index is 1.91. The molecular formula is C17H17ClO2. The molecule has 0 radical (unpaired) electrons. The largest absolute Gasteiger partial charge is 0.485 e. The fraction of sp³-hybridized carbons (Fsp3) is 0.235. The molecule has 2 rings (SSSR count). The monoisotopic (exact) mass is 288 g/mol. The molecule has 0 fully saturated rings. The van der Waals surface area contributed by atoms with Gasteiger partial charge in [-0.25, -0.2) is 0 Å². The van der Waals surface area contributed by atoms with Crippen LogP contribution >= 0.6 is 11.6 Å². The first-order chi connectivity index (χ1) is 9.69. The summed E-state index contributed by atoms with van der Waals surface area (Å²) < 4.78 is 5.50. The van der Waals surface area contributed by atoms with Crippen molar-refractivity contribution in [2.75, 3.05) is 6.61 Å². The highest BCUT2D eigenvalue weighted by molar-refractivity contribution is 6.30. The van der Waals surface area contributed by atoms with E-state index in [0.717, 1.165) is 12.8 Å². The van der Waals surface area contributed by atoms with Crippen LogP contribution in [-0.2, 0) is 6.42 Å². The van der Waals surface area contributed by atoms with E-state index in [9.17, 15) is 4.79 Å². The maximum atomic E-state index is 11.9. The number of rotatable bonds is 6. The van der Waals surface area contributed by atoms with Gasteiger partial charge in [0.1, 0.15) is 5.75 Å². The lowest BCUT2D eigenvalue weighted by atomic mass is 10.1. The van der Waals surface area contributed by atoms with E-state index in [1.54, 1.807) is 24.3 Å². The topological polar surface area (TPSA) is 26.3 Å². The first-order valence-electron chi connectivity index (χ1n) is 6.69. The molecule has 0 saturated heterocycles. The van der Waals surface area contributed by atoms with Crippen LogP contribution < -0.4 is 4.74 Å². The molecule has 3 heteroatoms. The first kappa shape index (κ1) is 14.6. The predicted octanol–water partition coefficient (Wildman–Crippen LogP) is 4.55. The Kier molecular flexibility index (Phi) is 5.19. The zero-order valence-corrected chi connectivity index (χ0v) is 12.2. The minimum Gasteiger partial charge on any atom is -0.485 e. The van der Waals surface area contributed by atoms with Crippen LogP contribution in [0.5, 0.6) is 5.75 Å². The third kappa shape index (κ3) is 4.10. The molecule has 0 amide bonds. The van der Waals surface area contributed by atoms with Crippen LogP contribution in [0.1, 0.15) is 29.3 Å². The van der Waals surface area contributed by atoms with Gasteiger partial charge in [-0.1, -0.05) is 37.1 Å². The SMILES string of the molecule is CCCc1ccc(OCC(=O)c2ccc(Cl)cc2)cc1. The fourth-order valence-electron chi connectivity index (χ4n) is 1.91. The Hall–Kier alpha value is -1.80. The quantitative estimate of drug-likeness (QED) is 0.729. The average molecular weight is 289 g/mol. The molecule has 0 saturated carbocycles. The molecule has 0 aliphatic carbocycles. The number of aryl methyl sites for hydroxylation is 1. The molecule has 2 aromatic rings. The van der Waals surface area contributed by atoms with Crippen LogP contribution in [0, 0.1) is 0 Å². The summed E-state index contributed by atoms with van der Waals surface area (Å²) in [6.45, 7) is 2.18. The summed E-state index contributed by atoms with van der Waals surface area (Å²) in [7, 11) is 0. The number of Topliss-reactive ketones (excluding diaryl/α,β-unsaturated/α-hetero) is 1. The fourth-order valence-corrected chi connectivity index (χ4v) is 2.04. The van der Waals surface area contributed by atoms with E-state index in [0.29, 0.717) is 16.3 Å². The van der Waals surface area contributed by atoms with E-state index in [4.69, 9.17) is 16.3 Å². The Morgan fingerprint density at radius 2 is 1.70 bits per heavy atom. The number of carbonyl (C=O) groups is 1. The number of benzene rings is 2. The van der Waals surface area contributed by atoms with Crippen LogP contribution in [0.4, 0.5) is 0 Å². The second-order valence-corrected chi connectivity index (χ2v) is 5.05. The van der Waals surface area contributed by atoms with E-state index < -0.39 is 0 Å². The van der Waals surface area contributed by atoms with Gasteiger partial charge in [0, 0.05) is 10.6 Å². The van der Waals surface area contributed by atoms with Gasteiger partial charge in [-0.15, -0.1) is 0 Å². The third-order valence-corrected chi connectivity index (χ3v) is 3.25. The third-order valence-electron chi connectivity index (χ3n) is 3.00. The number of hydrogen-bond acceptors (Lipinski definition) is 2. The van der Waals surface area contributed by atoms with Gasteiger partial charge in [0.2, 0.25) is 0 Å². The van der Waals surface area contributed by atoms with Gasteiger partial charge < -0.3 is 4.74 Å². The summed E-state index contributed by atoms with van der Waals surface area (Å²) in [5, 5.41) is 0.619. The normalized spacial score (nSPS) is 10.3. The second kappa shape index (κ2) is 7.11. The number of ketones is 1. The lowest BCUT2D eigenvalue weighted by Crippen LogP contribution is -2.11. The summed E-state index contributed by atoms with van der Waals surface area (Å²) in [6.07, 6.45) is 2.18. The summed E-state index contributed by atoms with van der Waals surface area (Å²) in [4.78, 5) is 11.9. The van der Waals surface area contributed by atoms with Crippen molar-refractivity contribution in [1.29, 1.82) is 0 Å². The Morgan fingerprint density at radius 1 is 1.05 bits per heavy atom. The lowest BCUT2D eigenvalue weighted by Gasteiger charge is -2.06. The first-order valence-corrected chi connectivity index (χ1v) is 7.07. The number of halogens is 1. The molecule has 0 unspecified atom stereocenters. The lowest BCUT2D eigenvalue weighted by molar-refractivity contribution is 0.0921. The van der Waals surface area contributed by atoms with Crippen molar-refractivity contribution in [2.24, 2.45) is 0 Å². The zero-order chi connectivity index (χ0) is 14.4. The minimum absolute atomic E-state index is 0.0365. The highest BCUT2D eigenvalue weighted by atomic mass is 35.5. The minimum atomic E-state index is -0.0562. The van der Waals surface area contributed by atoms with Crippen molar-refractivity contribution in [1.82, 2.24) is 0 Å². The van der Waals surface area contributed by atoms with Crippen LogP contribution in [-0.4, -0.2) is 12.4 Å². The molecule has 0 aliphatic rings. The van der Waals surface area contributed by atoms with Crippen molar-refractivity contribution < 1.29 is 9.53 Å². The summed E-state index contributed by atoms with van der Waals surface area (Å²) in [6, 6.07) is 14.7. The predicted molar refractivity (Wildman–Crippen MR) is 81.7 cm³/mol. The average Bonchev–Trinajstić information content (AvgIpc) is 2.47. The van der Waals surface area contributed by atoms with E-state index in [1.807, 2.05) is 24.3 Å². The van der Waals surface area contributed by atoms with E-state index in [-0.39, 0.29) is 12.4 Å². The standard InChI is InChI=1S/C17H17ClO2/c1-2-3-13-4-10-16(11-5-13)20-12-17(19)14-6-8-15(18)9-7-14/h4-11H,2-3,12H2,1H3. The number of ether oxygens (including phenoxy) is 1. The second-order valence-electron chi connectivity index (χ2n) is 4.61. The summed E-state index contributed by atoms with van der Waals surface area (Å²) in [5.41, 5.74) is 1.89. The van der Waals surface area contributed by atoms with Crippen LogP contribution in [0.15, 0.2) is 48.5 Å². The van der Waals surface area contributed by atoms with E-state index >= 15 is 0 Å². The maximum absolute atomic E-state index is 11.9. The van der Waals surface area contributed by atoms with Crippen LogP contribution in [0.2, 0.25) is 5.02 Å². The molecule has 0 atom stereocenters. The molecule has 2 nitrogen and oxygen atoms in total. The number of carbonyl (C=O) groups excluding carboxylic acids is 1. The van der Waals surface area contributed by atoms with Crippen molar-refractivity contribution in [2.45, 2.75) is 19.8 Å². The maximum Gasteiger partial charge on any atom is 0.200 e. The molecule has 0 N–H and O–H groups in total. The molecule has 2 aromatic carbocycles. The number of hydrogen-bond donors (Lipinski definition) is 0. The summed E-state index contributed by atoms with van der Waals surface area (Å²) in [5.74, 6) is 0.659. The smallest absolute Gasteiger partial charge is 0.200 e. The Morgan fingerprint density at radius 3 is 2.30 bits per heavy atom. The highest BCUT2D eigenvalue weighted by Gasteiger charge is 2.06. The molecule has 0 aliphatic heterocycles. The van der Waals surface area contributed by atoms with Gasteiger partial charge in [0.05, 0.1) is 0 Å². The van der Waals surface area contributed by atoms with Crippen LogP contribution in [0.25, 0.3) is 0 Å². The van der Waals surface area contributed by atoms with E-state index in [1.165, 1.54) is 5.56 Å². The molecular weight excluding hydrogens is 272 g/mol. The highest BCUT2D eigenvalue weighted by Crippen LogP contribution is 2.14. The van der Waals surface area contributed by atoms with Gasteiger partial charge in [0.25, 0.3) is 0 Å². The summed E-state index contributed by atoms with van der Waals surface area (Å²) >= 11 is 5.79. The Labute approximate surface area is 124 Å².